The number of hydrogen-bond donors (Lipinski definition) is 0. The van der Waals surface area contributed by atoms with E-state index in [1.807, 2.05) is 0 Å². The predicted octanol–water partition coefficient (Wildman–Crippen LogP) is 8.24. The van der Waals surface area contributed by atoms with Crippen LogP contribution in [0, 0.1) is 6.92 Å². The SMILES string of the molecule is C=CN=C(C=C)c1cc2c3cc(-c4ccccc4)ccc3c3ccccc3c2cc1C. The summed E-state index contributed by atoms with van der Waals surface area (Å²) >= 11 is 0. The maximum atomic E-state index is 4.45. The van der Waals surface area contributed by atoms with E-state index in [9.17, 15) is 0 Å². The van der Waals surface area contributed by atoms with E-state index in [-0.39, 0.29) is 0 Å². The summed E-state index contributed by atoms with van der Waals surface area (Å²) in [4.78, 5) is 4.45. The van der Waals surface area contributed by atoms with E-state index in [0.717, 1.165) is 11.3 Å². The molecule has 1 nitrogen and oxygen atoms in total. The third kappa shape index (κ3) is 3.15. The standard InChI is InChI=1S/C30H23N/c1-4-30(31-5-2)26-19-29-27(17-20(26)3)24-14-10-9-13-23(24)25-16-15-22(18-28(25)29)21-11-7-6-8-12-21/h4-19H,1-2H2,3H3. The van der Waals surface area contributed by atoms with Crippen molar-refractivity contribution in [1.29, 1.82) is 0 Å². The fraction of sp³-hybridized carbons (Fsp3) is 0.0333. The average molecular weight is 398 g/mol. The smallest absolute Gasteiger partial charge is 0.0698 e. The van der Waals surface area contributed by atoms with Gasteiger partial charge in [-0.25, -0.2) is 0 Å². The molecule has 5 aromatic rings. The van der Waals surface area contributed by atoms with Gasteiger partial charge in [0.15, 0.2) is 0 Å². The van der Waals surface area contributed by atoms with Crippen LogP contribution in [0.25, 0.3) is 43.4 Å². The van der Waals surface area contributed by atoms with Crippen LogP contribution < -0.4 is 0 Å². The van der Waals surface area contributed by atoms with Crippen molar-refractivity contribution >= 4 is 38.0 Å². The lowest BCUT2D eigenvalue weighted by Gasteiger charge is -2.15. The number of fused-ring (bicyclic) bond motifs is 6. The van der Waals surface area contributed by atoms with E-state index >= 15 is 0 Å². The van der Waals surface area contributed by atoms with E-state index in [2.05, 4.69) is 110 Å². The van der Waals surface area contributed by atoms with Gasteiger partial charge in [0.25, 0.3) is 0 Å². The van der Waals surface area contributed by atoms with Crippen LogP contribution >= 0.6 is 0 Å². The first-order chi connectivity index (χ1) is 15.2. The third-order valence-corrected chi connectivity index (χ3v) is 5.99. The Hall–Kier alpha value is -3.97. The second-order valence-corrected chi connectivity index (χ2v) is 7.79. The van der Waals surface area contributed by atoms with Gasteiger partial charge in [0.2, 0.25) is 0 Å². The fourth-order valence-corrected chi connectivity index (χ4v) is 4.53. The van der Waals surface area contributed by atoms with Crippen LogP contribution in [0.2, 0.25) is 0 Å². The largest absolute Gasteiger partial charge is 0.257 e. The molecule has 0 heterocycles. The zero-order valence-electron chi connectivity index (χ0n) is 17.6. The minimum absolute atomic E-state index is 0.843. The molecule has 0 radical (unpaired) electrons. The van der Waals surface area contributed by atoms with Gasteiger partial charge in [0.1, 0.15) is 0 Å². The number of rotatable bonds is 4. The normalized spacial score (nSPS) is 11.8. The Morgan fingerprint density at radius 1 is 0.645 bits per heavy atom. The Balaban J connectivity index is 1.95. The molecule has 0 aliphatic carbocycles. The molecular formula is C30H23N. The van der Waals surface area contributed by atoms with Crippen molar-refractivity contribution in [2.45, 2.75) is 6.92 Å². The van der Waals surface area contributed by atoms with Gasteiger partial charge in [-0.05, 0) is 74.1 Å². The molecule has 0 N–H and O–H groups in total. The van der Waals surface area contributed by atoms with Gasteiger partial charge >= 0.3 is 0 Å². The van der Waals surface area contributed by atoms with E-state index in [1.54, 1.807) is 12.3 Å². The molecule has 0 atom stereocenters. The lowest BCUT2D eigenvalue weighted by molar-refractivity contribution is 1.45. The van der Waals surface area contributed by atoms with Gasteiger partial charge in [-0.2, -0.15) is 0 Å². The molecule has 0 aromatic heterocycles. The first-order valence-corrected chi connectivity index (χ1v) is 10.5. The zero-order chi connectivity index (χ0) is 21.4. The van der Waals surface area contributed by atoms with Crippen LogP contribution in [0.5, 0.6) is 0 Å². The molecule has 148 valence electrons. The summed E-state index contributed by atoms with van der Waals surface area (Å²) in [5, 5.41) is 7.55. The van der Waals surface area contributed by atoms with Gasteiger partial charge < -0.3 is 0 Å². The summed E-state index contributed by atoms with van der Waals surface area (Å²) < 4.78 is 0. The molecule has 1 heteroatoms. The van der Waals surface area contributed by atoms with Gasteiger partial charge in [-0.1, -0.05) is 86.0 Å². The monoisotopic (exact) mass is 397 g/mol. The fourth-order valence-electron chi connectivity index (χ4n) is 4.53. The first kappa shape index (κ1) is 19.0. The maximum absolute atomic E-state index is 4.45. The van der Waals surface area contributed by atoms with Gasteiger partial charge in [-0.3, -0.25) is 4.99 Å². The number of hydrogen-bond acceptors (Lipinski definition) is 1. The molecule has 5 rings (SSSR count). The van der Waals surface area contributed by atoms with Gasteiger partial charge in [0, 0.05) is 11.8 Å². The van der Waals surface area contributed by atoms with Crippen molar-refractivity contribution in [1.82, 2.24) is 0 Å². The summed E-state index contributed by atoms with van der Waals surface area (Å²) in [5.41, 5.74) is 5.55. The Labute approximate surface area is 182 Å². The van der Waals surface area contributed by atoms with Crippen LogP contribution in [0.1, 0.15) is 11.1 Å². The van der Waals surface area contributed by atoms with Crippen LogP contribution in [0.3, 0.4) is 0 Å². The van der Waals surface area contributed by atoms with Crippen molar-refractivity contribution in [2.24, 2.45) is 4.99 Å². The number of nitrogens with zero attached hydrogens (tertiary/aromatic N) is 1. The summed E-state index contributed by atoms with van der Waals surface area (Å²) in [7, 11) is 0. The number of allylic oxidation sites excluding steroid dienone is 1. The summed E-state index contributed by atoms with van der Waals surface area (Å²) in [6.45, 7) is 9.87. The molecule has 0 aliphatic rings. The molecule has 0 saturated carbocycles. The quantitative estimate of drug-likeness (QED) is 0.214. The molecule has 0 aliphatic heterocycles. The van der Waals surface area contributed by atoms with E-state index in [0.29, 0.717) is 0 Å². The highest BCUT2D eigenvalue weighted by atomic mass is 14.7. The highest BCUT2D eigenvalue weighted by Gasteiger charge is 2.13. The van der Waals surface area contributed by atoms with Gasteiger partial charge in [-0.15, -0.1) is 0 Å². The summed E-state index contributed by atoms with van der Waals surface area (Å²) in [5.74, 6) is 0. The Morgan fingerprint density at radius 2 is 1.26 bits per heavy atom. The minimum Gasteiger partial charge on any atom is -0.257 e. The third-order valence-electron chi connectivity index (χ3n) is 5.99. The molecule has 0 bridgehead atoms. The molecule has 31 heavy (non-hydrogen) atoms. The van der Waals surface area contributed by atoms with Crippen molar-refractivity contribution in [2.75, 3.05) is 0 Å². The van der Waals surface area contributed by atoms with Crippen LogP contribution in [0.15, 0.2) is 115 Å². The van der Waals surface area contributed by atoms with Crippen molar-refractivity contribution in [3.05, 3.63) is 121 Å². The highest BCUT2D eigenvalue weighted by molar-refractivity contribution is 6.27. The van der Waals surface area contributed by atoms with Crippen LogP contribution in [-0.4, -0.2) is 5.71 Å². The van der Waals surface area contributed by atoms with E-state index in [1.165, 1.54) is 49.0 Å². The zero-order valence-corrected chi connectivity index (χ0v) is 17.6. The number of benzene rings is 5. The Kier molecular flexibility index (Phi) is 4.72. The molecule has 0 saturated heterocycles. The maximum Gasteiger partial charge on any atom is 0.0698 e. The second-order valence-electron chi connectivity index (χ2n) is 7.79. The summed E-state index contributed by atoms with van der Waals surface area (Å²) in [6, 6.07) is 30.5. The molecule has 0 amide bonds. The van der Waals surface area contributed by atoms with Crippen LogP contribution in [0.4, 0.5) is 0 Å². The highest BCUT2D eigenvalue weighted by Crippen LogP contribution is 2.38. The van der Waals surface area contributed by atoms with Crippen molar-refractivity contribution < 1.29 is 0 Å². The van der Waals surface area contributed by atoms with E-state index in [4.69, 9.17) is 0 Å². The van der Waals surface area contributed by atoms with Crippen LogP contribution in [-0.2, 0) is 0 Å². The predicted molar refractivity (Wildman–Crippen MR) is 136 cm³/mol. The van der Waals surface area contributed by atoms with Gasteiger partial charge in [0.05, 0.1) is 5.71 Å². The summed E-state index contributed by atoms with van der Waals surface area (Å²) in [6.07, 6.45) is 3.38. The molecule has 0 spiro atoms. The lowest BCUT2D eigenvalue weighted by atomic mass is 9.89. The molecule has 5 aromatic carbocycles. The molecular weight excluding hydrogens is 374 g/mol. The minimum atomic E-state index is 0.843. The number of aliphatic imine (C=N–C) groups is 1. The number of aryl methyl sites for hydroxylation is 1. The lowest BCUT2D eigenvalue weighted by Crippen LogP contribution is -2.00. The second kappa shape index (κ2) is 7.70. The Morgan fingerprint density at radius 3 is 1.97 bits per heavy atom. The first-order valence-electron chi connectivity index (χ1n) is 10.5. The van der Waals surface area contributed by atoms with Crippen molar-refractivity contribution in [3.63, 3.8) is 0 Å². The van der Waals surface area contributed by atoms with Crippen molar-refractivity contribution in [3.8, 4) is 11.1 Å². The molecule has 0 unspecified atom stereocenters. The molecule has 0 fully saturated rings. The Bertz CT molecular complexity index is 1500. The topological polar surface area (TPSA) is 12.4 Å². The van der Waals surface area contributed by atoms with E-state index < -0.39 is 0 Å². The average Bonchev–Trinajstić information content (AvgIpc) is 2.83.